The van der Waals surface area contributed by atoms with Crippen LogP contribution in [-0.4, -0.2) is 46.8 Å². The van der Waals surface area contributed by atoms with Gasteiger partial charge in [0, 0.05) is 19.0 Å². The van der Waals surface area contributed by atoms with E-state index >= 15 is 0 Å². The number of β-lactam (4-membered cyclic amide) rings is 1. The van der Waals surface area contributed by atoms with Crippen LogP contribution in [0.25, 0.3) is 0 Å². The Balaban J connectivity index is 1.35. The summed E-state index contributed by atoms with van der Waals surface area (Å²) >= 11 is 0. The molecule has 6 heteroatoms. The molecule has 4 rings (SSSR count). The van der Waals surface area contributed by atoms with E-state index in [4.69, 9.17) is 4.74 Å². The highest BCUT2D eigenvalue weighted by molar-refractivity contribution is 6.06. The van der Waals surface area contributed by atoms with Gasteiger partial charge in [-0.3, -0.25) is 4.79 Å². The second kappa shape index (κ2) is 7.84. The molecule has 0 spiro atoms. The van der Waals surface area contributed by atoms with Crippen molar-refractivity contribution < 1.29 is 19.1 Å². The van der Waals surface area contributed by atoms with E-state index in [1.54, 1.807) is 4.90 Å². The molecule has 6 nitrogen and oxygen atoms in total. The Labute approximate surface area is 163 Å². The van der Waals surface area contributed by atoms with Gasteiger partial charge in [-0.05, 0) is 17.5 Å². The average molecular weight is 378 g/mol. The van der Waals surface area contributed by atoms with Crippen LogP contribution >= 0.6 is 0 Å². The van der Waals surface area contributed by atoms with E-state index in [9.17, 15) is 14.4 Å². The molecule has 0 bridgehead atoms. The summed E-state index contributed by atoms with van der Waals surface area (Å²) in [6.07, 6.45) is 0.871. The van der Waals surface area contributed by atoms with Crippen LogP contribution in [0.4, 0.5) is 4.79 Å². The van der Waals surface area contributed by atoms with Crippen molar-refractivity contribution in [2.24, 2.45) is 0 Å². The van der Waals surface area contributed by atoms with Crippen molar-refractivity contribution in [3.63, 3.8) is 0 Å². The molecule has 0 radical (unpaired) electrons. The Bertz CT molecular complexity index is 869. The summed E-state index contributed by atoms with van der Waals surface area (Å²) < 4.78 is 5.31. The van der Waals surface area contributed by atoms with E-state index in [0.29, 0.717) is 13.1 Å². The third kappa shape index (κ3) is 3.63. The quantitative estimate of drug-likeness (QED) is 0.606. The number of amides is 3. The maximum Gasteiger partial charge on any atom is 0.330 e. The fourth-order valence-corrected chi connectivity index (χ4v) is 3.75. The molecule has 2 fully saturated rings. The van der Waals surface area contributed by atoms with Crippen molar-refractivity contribution in [3.05, 3.63) is 71.8 Å². The number of esters is 1. The maximum absolute atomic E-state index is 12.8. The molecule has 2 atom stereocenters. The normalized spacial score (nSPS) is 21.4. The lowest BCUT2D eigenvalue weighted by atomic mass is 9.99. The van der Waals surface area contributed by atoms with Gasteiger partial charge in [-0.15, -0.1) is 0 Å². The first kappa shape index (κ1) is 18.2. The lowest BCUT2D eigenvalue weighted by molar-refractivity contribution is -0.163. The first-order chi connectivity index (χ1) is 13.6. The molecule has 0 N–H and O–H groups in total. The van der Waals surface area contributed by atoms with E-state index in [0.717, 1.165) is 16.9 Å². The number of nitrogens with zero attached hydrogens (tertiary/aromatic N) is 2. The van der Waals surface area contributed by atoms with E-state index in [2.05, 4.69) is 12.1 Å². The minimum Gasteiger partial charge on any atom is -0.459 e. The van der Waals surface area contributed by atoms with Crippen molar-refractivity contribution >= 4 is 17.9 Å². The van der Waals surface area contributed by atoms with Gasteiger partial charge in [0.15, 0.2) is 0 Å². The summed E-state index contributed by atoms with van der Waals surface area (Å²) in [5, 5.41) is 0. The molecule has 2 aromatic carbocycles. The van der Waals surface area contributed by atoms with Crippen LogP contribution in [-0.2, 0) is 20.9 Å². The van der Waals surface area contributed by atoms with E-state index < -0.39 is 18.0 Å². The Morgan fingerprint density at radius 3 is 2.36 bits per heavy atom. The van der Waals surface area contributed by atoms with Gasteiger partial charge in [0.1, 0.15) is 12.6 Å². The van der Waals surface area contributed by atoms with Crippen molar-refractivity contribution in [2.45, 2.75) is 31.4 Å². The van der Waals surface area contributed by atoms with Crippen molar-refractivity contribution in [1.82, 2.24) is 9.80 Å². The first-order valence-corrected chi connectivity index (χ1v) is 9.50. The minimum atomic E-state index is -0.820. The molecule has 144 valence electrons. The Morgan fingerprint density at radius 1 is 1.00 bits per heavy atom. The predicted molar refractivity (Wildman–Crippen MR) is 102 cm³/mol. The van der Waals surface area contributed by atoms with Crippen LogP contribution in [0.1, 0.15) is 29.9 Å². The highest BCUT2D eigenvalue weighted by Gasteiger charge is 2.48. The molecule has 0 aliphatic carbocycles. The summed E-state index contributed by atoms with van der Waals surface area (Å²) in [6, 6.07) is 18.2. The number of carbonyl (C=O) groups is 3. The van der Waals surface area contributed by atoms with Crippen molar-refractivity contribution in [1.29, 1.82) is 0 Å². The Hall–Kier alpha value is -3.15. The third-order valence-corrected chi connectivity index (χ3v) is 5.38. The largest absolute Gasteiger partial charge is 0.459 e. The van der Waals surface area contributed by atoms with Crippen LogP contribution in [0.15, 0.2) is 60.7 Å². The van der Waals surface area contributed by atoms with E-state index in [1.165, 1.54) is 5.56 Å². The van der Waals surface area contributed by atoms with Gasteiger partial charge in [0.2, 0.25) is 5.91 Å². The number of hydrogen-bond acceptors (Lipinski definition) is 4. The topological polar surface area (TPSA) is 66.9 Å². The number of ether oxygens (including phenoxy) is 1. The zero-order valence-electron chi connectivity index (χ0n) is 15.5. The SMILES string of the molecule is O=C(OCc1ccccc1)[C@@H]1CC(=O)N1C(=O)N1CCC(c2ccccc2)C1. The van der Waals surface area contributed by atoms with Crippen molar-refractivity contribution in [3.8, 4) is 0 Å². The molecule has 3 amide bonds. The fourth-order valence-electron chi connectivity index (χ4n) is 3.75. The Kier molecular flexibility index (Phi) is 5.10. The second-order valence-electron chi connectivity index (χ2n) is 7.20. The van der Waals surface area contributed by atoms with E-state index in [1.807, 2.05) is 48.5 Å². The molecule has 0 saturated carbocycles. The van der Waals surface area contributed by atoms with Gasteiger partial charge in [0.25, 0.3) is 0 Å². The summed E-state index contributed by atoms with van der Waals surface area (Å²) in [5.41, 5.74) is 2.05. The number of benzene rings is 2. The van der Waals surface area contributed by atoms with Crippen LogP contribution in [0.5, 0.6) is 0 Å². The van der Waals surface area contributed by atoms with Gasteiger partial charge >= 0.3 is 12.0 Å². The number of urea groups is 1. The molecule has 0 aromatic heterocycles. The average Bonchev–Trinajstić information content (AvgIpc) is 3.22. The zero-order valence-corrected chi connectivity index (χ0v) is 15.5. The third-order valence-electron chi connectivity index (χ3n) is 5.38. The van der Waals surface area contributed by atoms with Gasteiger partial charge in [-0.2, -0.15) is 0 Å². The molecular weight excluding hydrogens is 356 g/mol. The zero-order chi connectivity index (χ0) is 19.5. The highest BCUT2D eigenvalue weighted by atomic mass is 16.5. The molecule has 2 aliphatic rings. The molecule has 1 unspecified atom stereocenters. The lowest BCUT2D eigenvalue weighted by Gasteiger charge is -2.38. The molecular formula is C22H22N2O4. The molecule has 28 heavy (non-hydrogen) atoms. The molecule has 2 aliphatic heterocycles. The monoisotopic (exact) mass is 378 g/mol. The number of hydrogen-bond donors (Lipinski definition) is 0. The summed E-state index contributed by atoms with van der Waals surface area (Å²) in [7, 11) is 0. The molecule has 2 saturated heterocycles. The van der Waals surface area contributed by atoms with Crippen molar-refractivity contribution in [2.75, 3.05) is 13.1 Å². The smallest absolute Gasteiger partial charge is 0.330 e. The standard InChI is InChI=1S/C22H22N2O4/c25-20-13-19(21(26)28-15-16-7-3-1-4-8-16)24(20)22(27)23-12-11-18(14-23)17-9-5-2-6-10-17/h1-10,18-19H,11-15H2/t18?,19-/m0/s1. The molecule has 2 heterocycles. The van der Waals surface area contributed by atoms with Gasteiger partial charge in [0.05, 0.1) is 6.42 Å². The Morgan fingerprint density at radius 2 is 1.68 bits per heavy atom. The van der Waals surface area contributed by atoms with E-state index in [-0.39, 0.29) is 24.9 Å². The van der Waals surface area contributed by atoms with Crippen LogP contribution < -0.4 is 0 Å². The summed E-state index contributed by atoms with van der Waals surface area (Å²) in [5.74, 6) is -0.601. The van der Waals surface area contributed by atoms with Crippen LogP contribution in [0.3, 0.4) is 0 Å². The van der Waals surface area contributed by atoms with Gasteiger partial charge in [-0.1, -0.05) is 60.7 Å². The minimum absolute atomic E-state index is 0.0231. The first-order valence-electron chi connectivity index (χ1n) is 9.50. The predicted octanol–water partition coefficient (Wildman–Crippen LogP) is 2.94. The second-order valence-corrected chi connectivity index (χ2v) is 7.20. The summed E-state index contributed by atoms with van der Waals surface area (Å²) in [4.78, 5) is 40.0. The number of rotatable bonds is 4. The number of imide groups is 1. The van der Waals surface area contributed by atoms with Gasteiger partial charge in [-0.25, -0.2) is 14.5 Å². The summed E-state index contributed by atoms with van der Waals surface area (Å²) in [6.45, 7) is 1.26. The fraction of sp³-hybridized carbons (Fsp3) is 0.318. The number of likely N-dealkylation sites (tertiary alicyclic amines) is 2. The van der Waals surface area contributed by atoms with Gasteiger partial charge < -0.3 is 9.64 Å². The van der Waals surface area contributed by atoms with Crippen LogP contribution in [0.2, 0.25) is 0 Å². The maximum atomic E-state index is 12.8. The highest BCUT2D eigenvalue weighted by Crippen LogP contribution is 2.30. The molecule has 2 aromatic rings. The van der Waals surface area contributed by atoms with Crippen LogP contribution in [0, 0.1) is 0 Å². The lowest BCUT2D eigenvalue weighted by Crippen LogP contribution is -2.62. The number of carbonyl (C=O) groups excluding carboxylic acids is 3.